The lowest BCUT2D eigenvalue weighted by atomic mass is 9.78. The van der Waals surface area contributed by atoms with Crippen molar-refractivity contribution in [2.24, 2.45) is 5.92 Å². The number of nitrogens with zero attached hydrogens (tertiary/aromatic N) is 2. The first-order chi connectivity index (χ1) is 11.9. The summed E-state index contributed by atoms with van der Waals surface area (Å²) in [5, 5.41) is 1.31. The van der Waals surface area contributed by atoms with Crippen molar-refractivity contribution >= 4 is 22.4 Å². The zero-order valence-electron chi connectivity index (χ0n) is 15.0. The summed E-state index contributed by atoms with van der Waals surface area (Å²) in [5.74, 6) is 2.55. The number of benzene rings is 1. The number of likely N-dealkylation sites (N-methyl/N-ethyl adjacent to an activating group) is 1. The standard InChI is InChI=1S/C21H24N3O/c1-5-9-23(2)21(25)15-10-17-16-7-6-8-18-20(16)14(12-22-18)11-19(17)24(3,4)13-15/h1,6-8,10,12,15,19,22H,9,11,13H2,2-4H3/q+1/t15-,19-/m1/s1. The van der Waals surface area contributed by atoms with Crippen LogP contribution in [0.2, 0.25) is 0 Å². The number of hydrogen-bond donors (Lipinski definition) is 1. The Morgan fingerprint density at radius 3 is 3.00 bits per heavy atom. The van der Waals surface area contributed by atoms with Gasteiger partial charge in [-0.1, -0.05) is 24.1 Å². The zero-order valence-corrected chi connectivity index (χ0v) is 15.0. The van der Waals surface area contributed by atoms with Crippen molar-refractivity contribution in [2.75, 3.05) is 34.2 Å². The number of fused-ring (bicyclic) bond motifs is 2. The molecule has 1 aromatic carbocycles. The summed E-state index contributed by atoms with van der Waals surface area (Å²) in [6.07, 6.45) is 10.7. The Hall–Kier alpha value is -2.51. The van der Waals surface area contributed by atoms with E-state index < -0.39 is 0 Å². The molecule has 0 bridgehead atoms. The van der Waals surface area contributed by atoms with Gasteiger partial charge in [-0.25, -0.2) is 0 Å². The minimum Gasteiger partial charge on any atom is -0.361 e. The van der Waals surface area contributed by atoms with Crippen molar-refractivity contribution in [2.45, 2.75) is 12.5 Å². The van der Waals surface area contributed by atoms with E-state index in [1.165, 1.54) is 27.6 Å². The third kappa shape index (κ3) is 2.39. The minimum absolute atomic E-state index is 0.113. The van der Waals surface area contributed by atoms with E-state index in [1.807, 2.05) is 0 Å². The van der Waals surface area contributed by atoms with Crippen LogP contribution in [0.15, 0.2) is 30.5 Å². The molecule has 1 aliphatic heterocycles. The topological polar surface area (TPSA) is 36.1 Å². The van der Waals surface area contributed by atoms with E-state index in [0.29, 0.717) is 12.6 Å². The van der Waals surface area contributed by atoms with Gasteiger partial charge >= 0.3 is 0 Å². The second kappa shape index (κ2) is 5.50. The number of carbonyl (C=O) groups excluding carboxylic acids is 1. The molecule has 2 aromatic rings. The van der Waals surface area contributed by atoms with Crippen LogP contribution in [0.4, 0.5) is 0 Å². The van der Waals surface area contributed by atoms with Gasteiger partial charge in [0.25, 0.3) is 0 Å². The molecule has 4 heteroatoms. The number of amides is 1. The Morgan fingerprint density at radius 2 is 2.24 bits per heavy atom. The van der Waals surface area contributed by atoms with Gasteiger partial charge in [0.1, 0.15) is 12.0 Å². The van der Waals surface area contributed by atoms with Crippen molar-refractivity contribution in [3.63, 3.8) is 0 Å². The number of aromatic nitrogens is 1. The maximum absolute atomic E-state index is 12.9. The Kier molecular flexibility index (Phi) is 3.52. The van der Waals surface area contributed by atoms with E-state index in [1.54, 1.807) is 11.9 Å². The molecule has 1 N–H and O–H groups in total. The molecule has 0 spiro atoms. The average molecular weight is 334 g/mol. The highest BCUT2D eigenvalue weighted by atomic mass is 16.2. The van der Waals surface area contributed by atoms with E-state index in [4.69, 9.17) is 6.42 Å². The third-order valence-corrected chi connectivity index (χ3v) is 5.78. The van der Waals surface area contributed by atoms with Crippen LogP contribution in [0.3, 0.4) is 0 Å². The maximum Gasteiger partial charge on any atom is 0.235 e. The molecule has 2 heterocycles. The molecular weight excluding hydrogens is 310 g/mol. The molecule has 128 valence electrons. The normalized spacial score (nSPS) is 23.5. The molecule has 2 aliphatic rings. The molecule has 0 saturated heterocycles. The summed E-state index contributed by atoms with van der Waals surface area (Å²) in [6.45, 7) is 1.16. The van der Waals surface area contributed by atoms with Crippen LogP contribution in [-0.2, 0) is 11.2 Å². The molecule has 0 saturated carbocycles. The minimum atomic E-state index is -0.129. The van der Waals surface area contributed by atoms with Crippen LogP contribution in [0, 0.1) is 18.3 Å². The van der Waals surface area contributed by atoms with Gasteiger partial charge in [0.15, 0.2) is 0 Å². The summed E-state index contributed by atoms with van der Waals surface area (Å²) in [6, 6.07) is 6.79. The first-order valence-corrected chi connectivity index (χ1v) is 8.74. The molecule has 4 nitrogen and oxygen atoms in total. The van der Waals surface area contributed by atoms with Crippen LogP contribution >= 0.6 is 0 Å². The lowest BCUT2D eigenvalue weighted by molar-refractivity contribution is -0.909. The first-order valence-electron chi connectivity index (χ1n) is 8.74. The van der Waals surface area contributed by atoms with E-state index in [9.17, 15) is 4.79 Å². The van der Waals surface area contributed by atoms with Gasteiger partial charge in [-0.2, -0.15) is 0 Å². The molecule has 1 amide bonds. The SMILES string of the molecule is C#CCN(C)C(=O)[C@@H]1C=C2c3cccc4[nH]cc(c34)C[C@H]2[N+](C)(C)C1. The summed E-state index contributed by atoms with van der Waals surface area (Å²) in [5.41, 5.74) is 5.14. The molecule has 1 aromatic heterocycles. The molecule has 1 aliphatic carbocycles. The van der Waals surface area contributed by atoms with Gasteiger partial charge in [-0.05, 0) is 17.2 Å². The van der Waals surface area contributed by atoms with Gasteiger partial charge in [-0.3, -0.25) is 4.79 Å². The van der Waals surface area contributed by atoms with Crippen molar-refractivity contribution in [3.05, 3.63) is 41.6 Å². The van der Waals surface area contributed by atoms with Crippen LogP contribution in [0.25, 0.3) is 16.5 Å². The van der Waals surface area contributed by atoms with Gasteiger partial charge < -0.3 is 14.4 Å². The van der Waals surface area contributed by atoms with Crippen molar-refractivity contribution < 1.29 is 9.28 Å². The summed E-state index contributed by atoms with van der Waals surface area (Å²) < 4.78 is 0.813. The van der Waals surface area contributed by atoms with Crippen LogP contribution in [0.1, 0.15) is 11.1 Å². The molecular formula is C21H24N3O+. The number of quaternary nitrogens is 1. The van der Waals surface area contributed by atoms with Crippen molar-refractivity contribution in [1.29, 1.82) is 0 Å². The lowest BCUT2D eigenvalue weighted by Gasteiger charge is -2.46. The second-order valence-corrected chi connectivity index (χ2v) is 7.85. The largest absolute Gasteiger partial charge is 0.361 e. The maximum atomic E-state index is 12.9. The van der Waals surface area contributed by atoms with Crippen LogP contribution in [-0.4, -0.2) is 60.5 Å². The summed E-state index contributed by atoms with van der Waals surface area (Å²) in [7, 11) is 6.26. The highest BCUT2D eigenvalue weighted by molar-refractivity contribution is 5.99. The van der Waals surface area contributed by atoms with Gasteiger partial charge in [0, 0.05) is 36.1 Å². The molecule has 2 atom stereocenters. The number of hydrogen-bond acceptors (Lipinski definition) is 1. The van der Waals surface area contributed by atoms with E-state index in [0.717, 1.165) is 17.4 Å². The van der Waals surface area contributed by atoms with Crippen molar-refractivity contribution in [1.82, 2.24) is 9.88 Å². The van der Waals surface area contributed by atoms with Crippen molar-refractivity contribution in [3.8, 4) is 12.3 Å². The number of H-pyrrole nitrogens is 1. The molecule has 25 heavy (non-hydrogen) atoms. The molecule has 0 unspecified atom stereocenters. The fraction of sp³-hybridized carbons (Fsp3) is 0.381. The number of aromatic amines is 1. The Morgan fingerprint density at radius 1 is 1.44 bits per heavy atom. The number of terminal acetylenes is 1. The highest BCUT2D eigenvalue weighted by Crippen LogP contribution is 2.43. The first kappa shape index (κ1) is 16.0. The van der Waals surface area contributed by atoms with Gasteiger partial charge in [-0.15, -0.1) is 6.42 Å². The lowest BCUT2D eigenvalue weighted by Crippen LogP contribution is -2.57. The predicted octanol–water partition coefficient (Wildman–Crippen LogP) is 2.27. The second-order valence-electron chi connectivity index (χ2n) is 7.85. The van der Waals surface area contributed by atoms with E-state index in [-0.39, 0.29) is 11.8 Å². The fourth-order valence-electron chi connectivity index (χ4n) is 4.53. The molecule has 4 rings (SSSR count). The number of nitrogens with one attached hydrogen (secondary N) is 1. The van der Waals surface area contributed by atoms with Gasteiger partial charge in [0.2, 0.25) is 5.91 Å². The quantitative estimate of drug-likeness (QED) is 0.664. The number of rotatable bonds is 2. The van der Waals surface area contributed by atoms with Crippen LogP contribution < -0.4 is 0 Å². The molecule has 0 fully saturated rings. The predicted molar refractivity (Wildman–Crippen MR) is 101 cm³/mol. The monoisotopic (exact) mass is 334 g/mol. The fourth-order valence-corrected chi connectivity index (χ4v) is 4.53. The van der Waals surface area contributed by atoms with E-state index in [2.05, 4.69) is 55.5 Å². The summed E-state index contributed by atoms with van der Waals surface area (Å²) in [4.78, 5) is 17.9. The van der Waals surface area contributed by atoms with Gasteiger partial charge in [0.05, 0.1) is 27.2 Å². The zero-order chi connectivity index (χ0) is 17.8. The number of carbonyl (C=O) groups is 1. The van der Waals surface area contributed by atoms with Crippen LogP contribution in [0.5, 0.6) is 0 Å². The summed E-state index contributed by atoms with van der Waals surface area (Å²) >= 11 is 0. The average Bonchev–Trinajstić information content (AvgIpc) is 2.99. The Bertz CT molecular complexity index is 928. The third-order valence-electron chi connectivity index (χ3n) is 5.78. The Labute approximate surface area is 148 Å². The molecule has 0 radical (unpaired) electrons. The van der Waals surface area contributed by atoms with E-state index >= 15 is 0 Å². The smallest absolute Gasteiger partial charge is 0.235 e. The highest BCUT2D eigenvalue weighted by Gasteiger charge is 2.44. The Balaban J connectivity index is 1.83.